The summed E-state index contributed by atoms with van der Waals surface area (Å²) in [5.74, 6) is -0.0142. The SMILES string of the molecule is O=C(NCc1nc(-c2cccc(F)c2)c(-c2ccccn2)[nH]1)C1CC(O)CN1. The first kappa shape index (κ1) is 18.3. The van der Waals surface area contributed by atoms with Crippen LogP contribution in [-0.2, 0) is 11.3 Å². The fourth-order valence-corrected chi connectivity index (χ4v) is 3.26. The van der Waals surface area contributed by atoms with Gasteiger partial charge in [0.15, 0.2) is 0 Å². The maximum absolute atomic E-state index is 13.7. The molecule has 8 heteroatoms. The molecule has 1 aliphatic heterocycles. The predicted octanol–water partition coefficient (Wildman–Crippen LogP) is 1.62. The lowest BCUT2D eigenvalue weighted by Crippen LogP contribution is -2.40. The number of aliphatic hydroxyl groups is 1. The number of nitrogens with one attached hydrogen (secondary N) is 3. The second-order valence-corrected chi connectivity index (χ2v) is 6.70. The number of pyridine rings is 1. The van der Waals surface area contributed by atoms with Crippen molar-refractivity contribution in [3.05, 3.63) is 60.3 Å². The highest BCUT2D eigenvalue weighted by molar-refractivity contribution is 5.82. The maximum Gasteiger partial charge on any atom is 0.237 e. The van der Waals surface area contributed by atoms with Crippen LogP contribution in [-0.4, -0.2) is 44.7 Å². The van der Waals surface area contributed by atoms with Gasteiger partial charge in [0, 0.05) is 18.3 Å². The number of aromatic amines is 1. The van der Waals surface area contributed by atoms with Gasteiger partial charge in [0.05, 0.1) is 35.8 Å². The number of aliphatic hydroxyl groups excluding tert-OH is 1. The van der Waals surface area contributed by atoms with Crippen LogP contribution in [0.15, 0.2) is 48.7 Å². The number of carbonyl (C=O) groups excluding carboxylic acids is 1. The fourth-order valence-electron chi connectivity index (χ4n) is 3.26. The van der Waals surface area contributed by atoms with Crippen molar-refractivity contribution in [3.63, 3.8) is 0 Å². The van der Waals surface area contributed by atoms with Crippen LogP contribution in [0.3, 0.4) is 0 Å². The van der Waals surface area contributed by atoms with Crippen molar-refractivity contribution < 1.29 is 14.3 Å². The Morgan fingerprint density at radius 3 is 2.89 bits per heavy atom. The van der Waals surface area contributed by atoms with Gasteiger partial charge in [0.25, 0.3) is 0 Å². The van der Waals surface area contributed by atoms with Gasteiger partial charge in [-0.15, -0.1) is 0 Å². The molecule has 1 amide bonds. The molecular formula is C20H20FN5O2. The molecular weight excluding hydrogens is 361 g/mol. The van der Waals surface area contributed by atoms with E-state index < -0.39 is 12.1 Å². The third-order valence-electron chi connectivity index (χ3n) is 4.63. The minimum absolute atomic E-state index is 0.183. The molecule has 7 nitrogen and oxygen atoms in total. The number of benzene rings is 1. The number of β-amino-alcohol motifs (C(OH)–C–C–N with tert-alkyl or cyclic N) is 1. The van der Waals surface area contributed by atoms with E-state index in [0.29, 0.717) is 41.4 Å². The van der Waals surface area contributed by atoms with Crippen LogP contribution in [0.4, 0.5) is 4.39 Å². The van der Waals surface area contributed by atoms with Gasteiger partial charge in [-0.2, -0.15) is 0 Å². The zero-order valence-corrected chi connectivity index (χ0v) is 15.0. The van der Waals surface area contributed by atoms with Crippen LogP contribution in [0.5, 0.6) is 0 Å². The molecule has 1 aliphatic rings. The van der Waals surface area contributed by atoms with Crippen LogP contribution in [0.1, 0.15) is 12.2 Å². The molecule has 2 atom stereocenters. The Labute approximate surface area is 161 Å². The van der Waals surface area contributed by atoms with Crippen molar-refractivity contribution in [2.24, 2.45) is 0 Å². The monoisotopic (exact) mass is 381 g/mol. The Bertz CT molecular complexity index is 976. The molecule has 0 aliphatic carbocycles. The van der Waals surface area contributed by atoms with E-state index in [0.717, 1.165) is 0 Å². The standard InChI is InChI=1S/C20H20FN5O2/c21-13-5-3-4-12(8-13)18-19(15-6-1-2-7-22-15)26-17(25-18)11-24-20(28)16-9-14(27)10-23-16/h1-8,14,16,23,27H,9-11H2,(H,24,28)(H,25,26). The molecule has 144 valence electrons. The smallest absolute Gasteiger partial charge is 0.237 e. The van der Waals surface area contributed by atoms with E-state index in [9.17, 15) is 14.3 Å². The zero-order chi connectivity index (χ0) is 19.5. The van der Waals surface area contributed by atoms with Gasteiger partial charge >= 0.3 is 0 Å². The number of rotatable bonds is 5. The minimum Gasteiger partial charge on any atom is -0.392 e. The molecule has 28 heavy (non-hydrogen) atoms. The average molecular weight is 381 g/mol. The molecule has 1 saturated heterocycles. The van der Waals surface area contributed by atoms with E-state index in [1.807, 2.05) is 18.2 Å². The highest BCUT2D eigenvalue weighted by Gasteiger charge is 2.28. The molecule has 4 N–H and O–H groups in total. The number of nitrogens with zero attached hydrogens (tertiary/aromatic N) is 2. The molecule has 3 heterocycles. The summed E-state index contributed by atoms with van der Waals surface area (Å²) in [5, 5.41) is 15.3. The molecule has 1 fully saturated rings. The van der Waals surface area contributed by atoms with E-state index in [4.69, 9.17) is 0 Å². The first-order valence-corrected chi connectivity index (χ1v) is 9.05. The predicted molar refractivity (Wildman–Crippen MR) is 101 cm³/mol. The van der Waals surface area contributed by atoms with Crippen LogP contribution in [0.2, 0.25) is 0 Å². The van der Waals surface area contributed by atoms with E-state index in [1.54, 1.807) is 18.3 Å². The van der Waals surface area contributed by atoms with Crippen molar-refractivity contribution in [2.45, 2.75) is 25.1 Å². The summed E-state index contributed by atoms with van der Waals surface area (Å²) in [4.78, 5) is 24.4. The molecule has 0 radical (unpaired) electrons. The van der Waals surface area contributed by atoms with Gasteiger partial charge in [-0.1, -0.05) is 18.2 Å². The summed E-state index contributed by atoms with van der Waals surface area (Å²) in [5.41, 5.74) is 2.52. The van der Waals surface area contributed by atoms with Crippen LogP contribution < -0.4 is 10.6 Å². The summed E-state index contributed by atoms with van der Waals surface area (Å²) in [7, 11) is 0. The second-order valence-electron chi connectivity index (χ2n) is 6.70. The summed E-state index contributed by atoms with van der Waals surface area (Å²) in [6.45, 7) is 0.592. The Balaban J connectivity index is 1.59. The zero-order valence-electron chi connectivity index (χ0n) is 15.0. The highest BCUT2D eigenvalue weighted by atomic mass is 19.1. The summed E-state index contributed by atoms with van der Waals surface area (Å²) >= 11 is 0. The minimum atomic E-state index is -0.505. The average Bonchev–Trinajstić information content (AvgIpc) is 3.33. The number of carbonyl (C=O) groups is 1. The van der Waals surface area contributed by atoms with Crippen LogP contribution in [0.25, 0.3) is 22.6 Å². The Kier molecular flexibility index (Phi) is 5.14. The first-order chi connectivity index (χ1) is 13.6. The van der Waals surface area contributed by atoms with Gasteiger partial charge in [-0.3, -0.25) is 9.78 Å². The lowest BCUT2D eigenvalue weighted by molar-refractivity contribution is -0.123. The summed E-state index contributed by atoms with van der Waals surface area (Å²) < 4.78 is 13.7. The Hall–Kier alpha value is -3.10. The van der Waals surface area contributed by atoms with Crippen molar-refractivity contribution in [2.75, 3.05) is 6.54 Å². The van der Waals surface area contributed by atoms with Gasteiger partial charge in [0.2, 0.25) is 5.91 Å². The number of amides is 1. The maximum atomic E-state index is 13.7. The van der Waals surface area contributed by atoms with Crippen LogP contribution in [0, 0.1) is 5.82 Å². The normalized spacial score (nSPS) is 18.9. The second kappa shape index (κ2) is 7.87. The van der Waals surface area contributed by atoms with E-state index in [2.05, 4.69) is 25.6 Å². The lowest BCUT2D eigenvalue weighted by Gasteiger charge is -2.09. The topological polar surface area (TPSA) is 103 Å². The van der Waals surface area contributed by atoms with E-state index >= 15 is 0 Å². The lowest BCUT2D eigenvalue weighted by atomic mass is 10.1. The molecule has 4 rings (SSSR count). The highest BCUT2D eigenvalue weighted by Crippen LogP contribution is 2.29. The van der Waals surface area contributed by atoms with Crippen molar-refractivity contribution in [3.8, 4) is 22.6 Å². The van der Waals surface area contributed by atoms with E-state index in [-0.39, 0.29) is 18.3 Å². The number of imidazole rings is 1. The molecule has 0 spiro atoms. The van der Waals surface area contributed by atoms with Gasteiger partial charge in [0.1, 0.15) is 11.6 Å². The van der Waals surface area contributed by atoms with Crippen molar-refractivity contribution in [1.29, 1.82) is 0 Å². The third kappa shape index (κ3) is 3.92. The first-order valence-electron chi connectivity index (χ1n) is 9.05. The fraction of sp³-hybridized carbons (Fsp3) is 0.250. The molecule has 2 unspecified atom stereocenters. The van der Waals surface area contributed by atoms with Crippen molar-refractivity contribution >= 4 is 5.91 Å². The quantitative estimate of drug-likeness (QED) is 0.538. The van der Waals surface area contributed by atoms with Crippen molar-refractivity contribution in [1.82, 2.24) is 25.6 Å². The van der Waals surface area contributed by atoms with E-state index in [1.165, 1.54) is 12.1 Å². The molecule has 0 bridgehead atoms. The Morgan fingerprint density at radius 1 is 1.29 bits per heavy atom. The van der Waals surface area contributed by atoms with Gasteiger partial charge in [-0.05, 0) is 30.7 Å². The summed E-state index contributed by atoms with van der Waals surface area (Å²) in [6, 6.07) is 11.3. The molecule has 2 aromatic heterocycles. The molecule has 3 aromatic rings. The number of halogens is 1. The number of hydrogen-bond acceptors (Lipinski definition) is 5. The number of aromatic nitrogens is 3. The van der Waals surface area contributed by atoms with Crippen LogP contribution >= 0.6 is 0 Å². The Morgan fingerprint density at radius 2 is 2.18 bits per heavy atom. The number of hydrogen-bond donors (Lipinski definition) is 4. The van der Waals surface area contributed by atoms with Gasteiger partial charge in [-0.25, -0.2) is 9.37 Å². The molecule has 1 aromatic carbocycles. The largest absolute Gasteiger partial charge is 0.392 e. The third-order valence-corrected chi connectivity index (χ3v) is 4.63. The summed E-state index contributed by atoms with van der Waals surface area (Å²) in [6.07, 6.45) is 1.55. The molecule has 0 saturated carbocycles. The number of H-pyrrole nitrogens is 1. The van der Waals surface area contributed by atoms with Gasteiger partial charge < -0.3 is 20.7 Å².